The smallest absolute Gasteiger partial charge is 0.168 e. The highest BCUT2D eigenvalue weighted by atomic mass is 17.2. The van der Waals surface area contributed by atoms with Gasteiger partial charge in [-0.15, -0.1) is 0 Å². The van der Waals surface area contributed by atoms with E-state index in [4.69, 9.17) is 19.6 Å². The molecule has 3 rings (SSSR count). The number of hydrogen-bond acceptors (Lipinski definition) is 4. The summed E-state index contributed by atoms with van der Waals surface area (Å²) in [6.45, 7) is 16.5. The molecule has 0 unspecified atom stereocenters. The molecule has 0 aliphatic heterocycles. The van der Waals surface area contributed by atoms with E-state index in [1.165, 1.54) is 0 Å². The number of benzene rings is 3. The van der Waals surface area contributed by atoms with Crippen LogP contribution < -0.4 is 9.78 Å². The minimum Gasteiger partial charge on any atom is -0.336 e. The Balaban J connectivity index is 1.75. The second-order valence-electron chi connectivity index (χ2n) is 10.3. The van der Waals surface area contributed by atoms with Gasteiger partial charge in [-0.3, -0.25) is 0 Å². The highest BCUT2D eigenvalue weighted by Gasteiger charge is 2.29. The van der Waals surface area contributed by atoms with Crippen LogP contribution in [0.2, 0.25) is 0 Å². The third-order valence-electron chi connectivity index (χ3n) is 6.01. The van der Waals surface area contributed by atoms with Gasteiger partial charge in [0.05, 0.1) is 0 Å². The quantitative estimate of drug-likeness (QED) is 0.224. The lowest BCUT2D eigenvalue weighted by atomic mass is 9.91. The van der Waals surface area contributed by atoms with Crippen molar-refractivity contribution in [1.82, 2.24) is 0 Å². The van der Waals surface area contributed by atoms with Crippen molar-refractivity contribution in [2.45, 2.75) is 78.4 Å². The van der Waals surface area contributed by atoms with Crippen LogP contribution in [0.4, 0.5) is 0 Å². The Morgan fingerprint density at radius 1 is 0.529 bits per heavy atom. The monoisotopic (exact) mass is 462 g/mol. The van der Waals surface area contributed by atoms with E-state index >= 15 is 0 Å². The van der Waals surface area contributed by atoms with Crippen LogP contribution in [-0.2, 0) is 21.0 Å². The standard InChI is InChI=1S/C30H38O4/c1-21(2)25-16-9-11-18-27(25)31-33-29(5,6)23-14-13-15-24(20-23)30(7,8)34-32-28-19-12-10-17-26(28)22(3)4/h9-22H,1-8H3. The summed E-state index contributed by atoms with van der Waals surface area (Å²) < 4.78 is 0. The highest BCUT2D eigenvalue weighted by molar-refractivity contribution is 5.36. The molecular formula is C30H38O4. The van der Waals surface area contributed by atoms with E-state index in [-0.39, 0.29) is 0 Å². The van der Waals surface area contributed by atoms with Gasteiger partial charge in [-0.2, -0.15) is 9.78 Å². The summed E-state index contributed by atoms with van der Waals surface area (Å²) in [5, 5.41) is 0. The number of hydrogen-bond donors (Lipinski definition) is 0. The second kappa shape index (κ2) is 10.6. The number of rotatable bonds is 10. The van der Waals surface area contributed by atoms with E-state index in [9.17, 15) is 0 Å². The summed E-state index contributed by atoms with van der Waals surface area (Å²) in [4.78, 5) is 23.6. The summed E-state index contributed by atoms with van der Waals surface area (Å²) in [5.74, 6) is 2.15. The van der Waals surface area contributed by atoms with Crippen LogP contribution in [0.5, 0.6) is 11.5 Å². The zero-order valence-electron chi connectivity index (χ0n) is 21.7. The summed E-state index contributed by atoms with van der Waals surface area (Å²) in [6.07, 6.45) is 0. The summed E-state index contributed by atoms with van der Waals surface area (Å²) >= 11 is 0. The predicted molar refractivity (Wildman–Crippen MR) is 137 cm³/mol. The van der Waals surface area contributed by atoms with Crippen molar-refractivity contribution in [1.29, 1.82) is 0 Å². The summed E-state index contributed by atoms with van der Waals surface area (Å²) in [7, 11) is 0. The predicted octanol–water partition coefficient (Wildman–Crippen LogP) is 8.42. The first-order chi connectivity index (χ1) is 16.0. The Labute approximate surface area is 204 Å². The molecule has 0 amide bonds. The Morgan fingerprint density at radius 2 is 0.912 bits per heavy atom. The molecule has 0 saturated carbocycles. The molecule has 0 aliphatic carbocycles. The fourth-order valence-corrected chi connectivity index (χ4v) is 3.73. The van der Waals surface area contributed by atoms with Gasteiger partial charge >= 0.3 is 0 Å². The molecule has 0 aromatic heterocycles. The van der Waals surface area contributed by atoms with Crippen LogP contribution in [0.25, 0.3) is 0 Å². The van der Waals surface area contributed by atoms with Gasteiger partial charge in [0.15, 0.2) is 11.5 Å². The van der Waals surface area contributed by atoms with Crippen LogP contribution in [0, 0.1) is 0 Å². The topological polar surface area (TPSA) is 36.9 Å². The van der Waals surface area contributed by atoms with Crippen molar-refractivity contribution in [3.05, 3.63) is 95.1 Å². The van der Waals surface area contributed by atoms with E-state index in [2.05, 4.69) is 45.9 Å². The maximum atomic E-state index is 5.96. The average Bonchev–Trinajstić information content (AvgIpc) is 2.82. The van der Waals surface area contributed by atoms with E-state index in [0.717, 1.165) is 33.8 Å². The maximum absolute atomic E-state index is 5.96. The van der Waals surface area contributed by atoms with E-state index < -0.39 is 11.2 Å². The molecule has 0 spiro atoms. The number of para-hydroxylation sites is 2. The first-order valence-electron chi connectivity index (χ1n) is 12.0. The fraction of sp³-hybridized carbons (Fsp3) is 0.400. The van der Waals surface area contributed by atoms with E-state index in [1.54, 1.807) is 0 Å². The Hall–Kier alpha value is -2.82. The molecule has 3 aromatic carbocycles. The molecule has 0 saturated heterocycles. The molecule has 4 heteroatoms. The molecule has 182 valence electrons. The molecule has 0 fully saturated rings. The van der Waals surface area contributed by atoms with Crippen LogP contribution in [0.15, 0.2) is 72.8 Å². The van der Waals surface area contributed by atoms with Crippen molar-refractivity contribution in [3.8, 4) is 11.5 Å². The minimum absolute atomic E-state index is 0.338. The van der Waals surface area contributed by atoms with Crippen LogP contribution >= 0.6 is 0 Å². The van der Waals surface area contributed by atoms with Crippen molar-refractivity contribution in [3.63, 3.8) is 0 Å². The largest absolute Gasteiger partial charge is 0.336 e. The molecule has 3 aromatic rings. The van der Waals surface area contributed by atoms with Crippen molar-refractivity contribution >= 4 is 0 Å². The molecule has 0 heterocycles. The molecular weight excluding hydrogens is 424 g/mol. The minimum atomic E-state index is -0.679. The van der Waals surface area contributed by atoms with Crippen molar-refractivity contribution in [2.24, 2.45) is 0 Å². The zero-order chi connectivity index (χ0) is 24.9. The van der Waals surface area contributed by atoms with Gasteiger partial charge in [-0.05, 0) is 68.9 Å². The Kier molecular flexibility index (Phi) is 8.06. The van der Waals surface area contributed by atoms with Gasteiger partial charge in [-0.25, -0.2) is 0 Å². The molecule has 0 bridgehead atoms. The summed E-state index contributed by atoms with van der Waals surface area (Å²) in [5.41, 5.74) is 2.82. The van der Waals surface area contributed by atoms with Crippen molar-refractivity contribution < 1.29 is 19.6 Å². The van der Waals surface area contributed by atoms with Crippen LogP contribution in [-0.4, -0.2) is 0 Å². The Morgan fingerprint density at radius 3 is 1.29 bits per heavy atom. The molecule has 0 radical (unpaired) electrons. The van der Waals surface area contributed by atoms with Gasteiger partial charge in [0, 0.05) is 11.1 Å². The van der Waals surface area contributed by atoms with Gasteiger partial charge in [0.2, 0.25) is 0 Å². The van der Waals surface area contributed by atoms with E-state index in [0.29, 0.717) is 11.8 Å². The third kappa shape index (κ3) is 6.19. The lowest BCUT2D eigenvalue weighted by Crippen LogP contribution is -2.27. The van der Waals surface area contributed by atoms with E-state index in [1.807, 2.05) is 82.3 Å². The normalized spacial score (nSPS) is 12.3. The molecule has 0 atom stereocenters. The zero-order valence-corrected chi connectivity index (χ0v) is 21.7. The highest BCUT2D eigenvalue weighted by Crippen LogP contribution is 2.34. The molecule has 0 aliphatic rings. The van der Waals surface area contributed by atoms with Crippen molar-refractivity contribution in [2.75, 3.05) is 0 Å². The lowest BCUT2D eigenvalue weighted by molar-refractivity contribution is -0.289. The van der Waals surface area contributed by atoms with Gasteiger partial charge in [0.1, 0.15) is 11.2 Å². The first-order valence-corrected chi connectivity index (χ1v) is 12.0. The SMILES string of the molecule is CC(C)c1ccccc1OOC(C)(C)c1cccc(C(C)(C)OOc2ccccc2C(C)C)c1. The van der Waals surface area contributed by atoms with Crippen LogP contribution in [0.1, 0.15) is 89.5 Å². The van der Waals surface area contributed by atoms with Gasteiger partial charge in [-0.1, -0.05) is 82.3 Å². The first kappa shape index (κ1) is 25.8. The average molecular weight is 463 g/mol. The maximum Gasteiger partial charge on any atom is 0.168 e. The molecule has 34 heavy (non-hydrogen) atoms. The Bertz CT molecular complexity index is 1000. The van der Waals surface area contributed by atoms with Gasteiger partial charge in [0.25, 0.3) is 0 Å². The molecule has 0 N–H and O–H groups in total. The summed E-state index contributed by atoms with van der Waals surface area (Å²) in [6, 6.07) is 24.1. The lowest BCUT2D eigenvalue weighted by Gasteiger charge is -2.29. The fourth-order valence-electron chi connectivity index (χ4n) is 3.73. The molecule has 4 nitrogen and oxygen atoms in total. The van der Waals surface area contributed by atoms with Gasteiger partial charge < -0.3 is 9.78 Å². The third-order valence-corrected chi connectivity index (χ3v) is 6.01. The second-order valence-corrected chi connectivity index (χ2v) is 10.3. The van der Waals surface area contributed by atoms with Crippen LogP contribution in [0.3, 0.4) is 0 Å².